The summed E-state index contributed by atoms with van der Waals surface area (Å²) in [7, 11) is 0. The zero-order valence-electron chi connectivity index (χ0n) is 22.9. The Labute approximate surface area is 223 Å². The Balaban J connectivity index is 2.81. The summed E-state index contributed by atoms with van der Waals surface area (Å²) in [6.07, 6.45) is 19.6. The summed E-state index contributed by atoms with van der Waals surface area (Å²) < 4.78 is 0. The van der Waals surface area contributed by atoms with Gasteiger partial charge in [0.2, 0.25) is 0 Å². The summed E-state index contributed by atoms with van der Waals surface area (Å²) in [4.78, 5) is 4.43. The molecule has 0 saturated heterocycles. The van der Waals surface area contributed by atoms with Crippen LogP contribution in [0, 0.1) is 0 Å². The molecule has 0 aliphatic carbocycles. The molecule has 0 N–H and O–H groups in total. The van der Waals surface area contributed by atoms with Crippen LogP contribution in [0.2, 0.25) is 0 Å². The fourth-order valence-electron chi connectivity index (χ4n) is 4.41. The van der Waals surface area contributed by atoms with E-state index in [9.17, 15) is 0 Å². The van der Waals surface area contributed by atoms with E-state index in [0.29, 0.717) is 0 Å². The first-order valence-electron chi connectivity index (χ1n) is 12.4. The quantitative estimate of drug-likeness (QED) is 0.163. The highest BCUT2D eigenvalue weighted by Gasteiger charge is 2.19. The molecule has 0 heterocycles. The van der Waals surface area contributed by atoms with Gasteiger partial charge in [-0.05, 0) is 102 Å². The lowest BCUT2D eigenvalue weighted by atomic mass is 9.95. The molecule has 0 fully saturated rings. The van der Waals surface area contributed by atoms with Gasteiger partial charge in [-0.2, -0.15) is 0 Å². The Hall–Kier alpha value is -3.67. The van der Waals surface area contributed by atoms with E-state index in [1.165, 1.54) is 5.30 Å². The van der Waals surface area contributed by atoms with Gasteiger partial charge in [-0.15, -0.1) is 6.58 Å². The minimum absolute atomic E-state index is 0.751. The lowest BCUT2D eigenvalue weighted by molar-refractivity contribution is 1.33. The fraction of sp³-hybridized carbons (Fsp3) is 0.143. The maximum atomic E-state index is 4.65. The highest BCUT2D eigenvalue weighted by atomic mass is 31.2. The van der Waals surface area contributed by atoms with Crippen LogP contribution in [-0.4, -0.2) is 19.2 Å². The SMILES string of the molecule is C=CCP(=C)(/C(=C/C=C(\C)C(=C)/C(C)=c1c(=C/C)\ccc(=C)c\1=C(C=C)/C=C\C)N=C)c1ccccc1. The molecule has 0 spiro atoms. The molecule has 0 saturated carbocycles. The monoisotopic (exact) mass is 505 g/mol. The standard InChI is InChI=1S/C35H40NP/c1-11-18-30(13-3)34-27(6)21-23-31(14-4)35(34)29(8)28(7)26(5)22-24-33(36-9)37(10,25-12-2)32-19-16-15-17-20-32/h11-24H,2-3,6-7,9-10,25H2,1,4-5,8H3/b18-11-,26-22+,31-14-,33-24+,34-30+,35-29+. The van der Waals surface area contributed by atoms with Gasteiger partial charge in [0.1, 0.15) is 0 Å². The summed E-state index contributed by atoms with van der Waals surface area (Å²) in [5.41, 5.74) is 5.02. The van der Waals surface area contributed by atoms with Crippen LogP contribution in [0.3, 0.4) is 0 Å². The largest absolute Gasteiger partial charge is 0.264 e. The maximum absolute atomic E-state index is 4.65. The Kier molecular flexibility index (Phi) is 10.9. The van der Waals surface area contributed by atoms with Crippen LogP contribution >= 0.6 is 6.89 Å². The van der Waals surface area contributed by atoms with Crippen molar-refractivity contribution in [2.24, 2.45) is 4.99 Å². The van der Waals surface area contributed by atoms with Crippen LogP contribution < -0.4 is 26.2 Å². The van der Waals surface area contributed by atoms with Crippen molar-refractivity contribution in [3.8, 4) is 0 Å². The molecule has 0 aliphatic heterocycles. The molecule has 1 unspecified atom stereocenters. The average molecular weight is 506 g/mol. The van der Waals surface area contributed by atoms with E-state index in [2.05, 4.69) is 108 Å². The molecule has 0 aliphatic rings. The van der Waals surface area contributed by atoms with Crippen molar-refractivity contribution in [2.45, 2.75) is 27.7 Å². The number of aliphatic imine (C=N–C) groups is 1. The van der Waals surface area contributed by atoms with Gasteiger partial charge in [-0.1, -0.05) is 105 Å². The second kappa shape index (κ2) is 13.6. The van der Waals surface area contributed by atoms with Crippen LogP contribution in [0.25, 0.3) is 23.8 Å². The van der Waals surface area contributed by atoms with Crippen molar-refractivity contribution in [2.75, 3.05) is 6.16 Å². The number of hydrogen-bond donors (Lipinski definition) is 0. The van der Waals surface area contributed by atoms with Gasteiger partial charge >= 0.3 is 0 Å². The molecular formula is C35H40NP. The topological polar surface area (TPSA) is 12.4 Å². The van der Waals surface area contributed by atoms with Crippen molar-refractivity contribution in [3.05, 3.63) is 136 Å². The Morgan fingerprint density at radius 1 is 0.973 bits per heavy atom. The Bertz CT molecular complexity index is 1570. The molecule has 1 atom stereocenters. The second-order valence-corrected chi connectivity index (χ2v) is 12.2. The number of benzene rings is 2. The summed E-state index contributed by atoms with van der Waals surface area (Å²) in [5, 5.41) is 5.48. The minimum atomic E-state index is -2.00. The second-order valence-electron chi connectivity index (χ2n) is 8.92. The van der Waals surface area contributed by atoms with Crippen molar-refractivity contribution in [1.82, 2.24) is 0 Å². The normalized spacial score (nSPS) is 16.2. The van der Waals surface area contributed by atoms with Gasteiger partial charge < -0.3 is 0 Å². The van der Waals surface area contributed by atoms with Gasteiger partial charge in [0.05, 0.1) is 5.44 Å². The zero-order chi connectivity index (χ0) is 27.6. The fourth-order valence-corrected chi connectivity index (χ4v) is 6.89. The van der Waals surface area contributed by atoms with Gasteiger partial charge in [0.25, 0.3) is 0 Å². The maximum Gasteiger partial charge on any atom is 0.0658 e. The number of hydrogen-bond acceptors (Lipinski definition) is 1. The summed E-state index contributed by atoms with van der Waals surface area (Å²) >= 11 is 0. The van der Waals surface area contributed by atoms with E-state index in [-0.39, 0.29) is 0 Å². The van der Waals surface area contributed by atoms with E-state index < -0.39 is 6.89 Å². The highest BCUT2D eigenvalue weighted by molar-refractivity contribution is 7.84. The third-order valence-corrected chi connectivity index (χ3v) is 9.90. The molecular weight excluding hydrogens is 465 g/mol. The molecule has 37 heavy (non-hydrogen) atoms. The molecule has 2 aromatic carbocycles. The van der Waals surface area contributed by atoms with Gasteiger partial charge in [0.15, 0.2) is 0 Å². The summed E-state index contributed by atoms with van der Waals surface area (Å²) in [6, 6.07) is 14.5. The minimum Gasteiger partial charge on any atom is -0.264 e. The van der Waals surface area contributed by atoms with Crippen LogP contribution in [0.1, 0.15) is 27.7 Å². The number of nitrogens with zero attached hydrogens (tertiary/aromatic N) is 1. The lowest BCUT2D eigenvalue weighted by Gasteiger charge is -2.24. The zero-order valence-corrected chi connectivity index (χ0v) is 23.8. The molecule has 2 rings (SSSR count). The van der Waals surface area contributed by atoms with Crippen LogP contribution in [0.4, 0.5) is 0 Å². The lowest BCUT2D eigenvalue weighted by Crippen LogP contribution is -2.49. The van der Waals surface area contributed by atoms with E-state index in [4.69, 9.17) is 0 Å². The summed E-state index contributed by atoms with van der Waals surface area (Å²) in [5.74, 6) is 0. The number of allylic oxidation sites excluding steroid dienone is 8. The Morgan fingerprint density at radius 2 is 1.65 bits per heavy atom. The van der Waals surface area contributed by atoms with Crippen molar-refractivity contribution in [1.29, 1.82) is 0 Å². The molecule has 2 aromatic rings. The van der Waals surface area contributed by atoms with Crippen molar-refractivity contribution >= 4 is 49.0 Å². The number of rotatable bonds is 10. The molecule has 0 bridgehead atoms. The van der Waals surface area contributed by atoms with Crippen LogP contribution in [-0.2, 0) is 0 Å². The van der Waals surface area contributed by atoms with E-state index in [1.807, 2.05) is 49.4 Å². The molecule has 0 radical (unpaired) electrons. The predicted molar refractivity (Wildman–Crippen MR) is 174 cm³/mol. The van der Waals surface area contributed by atoms with Crippen molar-refractivity contribution in [3.63, 3.8) is 0 Å². The predicted octanol–water partition coefficient (Wildman–Crippen LogP) is 5.99. The van der Waals surface area contributed by atoms with Gasteiger partial charge in [0, 0.05) is 0 Å². The first-order chi connectivity index (χ1) is 17.7. The first-order valence-corrected chi connectivity index (χ1v) is 14.5. The average Bonchev–Trinajstić information content (AvgIpc) is 2.91. The van der Waals surface area contributed by atoms with Crippen LogP contribution in [0.5, 0.6) is 0 Å². The molecule has 0 amide bonds. The van der Waals surface area contributed by atoms with E-state index in [1.54, 1.807) is 0 Å². The summed E-state index contributed by atoms with van der Waals surface area (Å²) in [6.45, 7) is 27.0. The molecule has 1 nitrogen and oxygen atoms in total. The van der Waals surface area contributed by atoms with Gasteiger partial charge in [-0.25, -0.2) is 0 Å². The van der Waals surface area contributed by atoms with Gasteiger partial charge in [-0.3, -0.25) is 4.99 Å². The van der Waals surface area contributed by atoms with E-state index in [0.717, 1.165) is 54.8 Å². The first kappa shape index (κ1) is 29.6. The van der Waals surface area contributed by atoms with Crippen molar-refractivity contribution < 1.29 is 0 Å². The molecule has 2 heteroatoms. The third kappa shape index (κ3) is 6.56. The highest BCUT2D eigenvalue weighted by Crippen LogP contribution is 2.52. The third-order valence-electron chi connectivity index (χ3n) is 6.57. The molecule has 190 valence electrons. The Morgan fingerprint density at radius 3 is 2.19 bits per heavy atom. The smallest absolute Gasteiger partial charge is 0.0658 e. The van der Waals surface area contributed by atoms with Crippen LogP contribution in [0.15, 0.2) is 120 Å². The van der Waals surface area contributed by atoms with E-state index >= 15 is 0 Å². The molecule has 0 aromatic heterocycles.